The molecule has 2 bridgehead atoms. The first-order valence-electron chi connectivity index (χ1n) is 11.6. The number of anilines is 1. The Morgan fingerprint density at radius 3 is 2.56 bits per heavy atom. The minimum absolute atomic E-state index is 0.112. The number of aliphatic carboxylic acids is 1. The Bertz CT molecular complexity index is 982. The van der Waals surface area contributed by atoms with Crippen molar-refractivity contribution in [3.8, 4) is 5.75 Å². The summed E-state index contributed by atoms with van der Waals surface area (Å²) in [5, 5.41) is 20.0. The van der Waals surface area contributed by atoms with Crippen molar-refractivity contribution < 1.29 is 29.3 Å². The van der Waals surface area contributed by atoms with Crippen LogP contribution in [0.5, 0.6) is 5.75 Å². The number of benzene rings is 1. The maximum absolute atomic E-state index is 14.3. The third-order valence-corrected chi connectivity index (χ3v) is 9.48. The van der Waals surface area contributed by atoms with E-state index >= 15 is 0 Å². The van der Waals surface area contributed by atoms with Gasteiger partial charge in [0.25, 0.3) is 5.91 Å². The van der Waals surface area contributed by atoms with E-state index < -0.39 is 34.6 Å². The van der Waals surface area contributed by atoms with E-state index in [1.54, 1.807) is 42.4 Å². The quantitative estimate of drug-likeness (QED) is 0.514. The standard InChI is InChI=1S/C25H32N2O6S/c1-5-12-26(15-6-8-16(33-4)9-7-15)23(30)21-25-11-10-18(34-25)19(24(31)32)20(25)22(29)27(21)17(13-28)14(2)3/h5-9,14,17-21,28H,1,10-13H2,2-4H3,(H,31,32)/t17-,18+,19-,20-,21?,25?/m0/s1. The molecule has 0 aliphatic carbocycles. The van der Waals surface area contributed by atoms with Gasteiger partial charge in [-0.2, -0.15) is 0 Å². The molecule has 2 N–H and O–H groups in total. The molecular weight excluding hydrogens is 456 g/mol. The number of aliphatic hydroxyl groups is 1. The average Bonchev–Trinajstić information content (AvgIpc) is 3.45. The molecule has 0 saturated carbocycles. The maximum Gasteiger partial charge on any atom is 0.308 e. The number of aliphatic hydroxyl groups excluding tert-OH is 1. The Kier molecular flexibility index (Phi) is 6.70. The maximum atomic E-state index is 14.3. The average molecular weight is 489 g/mol. The number of carboxylic acid groups (broad SMARTS) is 1. The number of ether oxygens (including phenoxy) is 1. The number of carboxylic acids is 1. The number of hydrogen-bond donors (Lipinski definition) is 2. The summed E-state index contributed by atoms with van der Waals surface area (Å²) < 4.78 is 4.42. The number of likely N-dealkylation sites (tertiary alicyclic amines) is 1. The molecule has 3 heterocycles. The predicted octanol–water partition coefficient (Wildman–Crippen LogP) is 2.41. The second kappa shape index (κ2) is 9.26. The van der Waals surface area contributed by atoms with E-state index in [4.69, 9.17) is 4.74 Å². The molecule has 3 aliphatic heterocycles. The lowest BCUT2D eigenvalue weighted by Crippen LogP contribution is -2.58. The van der Waals surface area contributed by atoms with Gasteiger partial charge in [0.1, 0.15) is 11.8 Å². The SMILES string of the molecule is C=CCN(C(=O)C1N([C@@H](CO)C(C)C)C(=O)[C@@H]2[C@@H](C(=O)O)[C@H]3CCC12S3)c1ccc(OC)cc1. The topological polar surface area (TPSA) is 107 Å². The first kappa shape index (κ1) is 24.6. The first-order valence-corrected chi connectivity index (χ1v) is 12.5. The Labute approximate surface area is 203 Å². The summed E-state index contributed by atoms with van der Waals surface area (Å²) in [5.74, 6) is -2.67. The number of carbonyl (C=O) groups excluding carboxylic acids is 2. The van der Waals surface area contributed by atoms with Crippen molar-refractivity contribution in [3.05, 3.63) is 36.9 Å². The Balaban J connectivity index is 1.82. The van der Waals surface area contributed by atoms with Crippen LogP contribution in [0.25, 0.3) is 0 Å². The zero-order valence-corrected chi connectivity index (χ0v) is 20.5. The number of fused-ring (bicyclic) bond motifs is 1. The fourth-order valence-electron chi connectivity index (χ4n) is 5.99. The van der Waals surface area contributed by atoms with Gasteiger partial charge in [-0.25, -0.2) is 0 Å². The fraction of sp³-hybridized carbons (Fsp3) is 0.560. The van der Waals surface area contributed by atoms with Gasteiger partial charge in [-0.05, 0) is 43.0 Å². The molecule has 1 aromatic rings. The van der Waals surface area contributed by atoms with Gasteiger partial charge in [0.05, 0.1) is 36.3 Å². The molecule has 6 atom stereocenters. The summed E-state index contributed by atoms with van der Waals surface area (Å²) in [6.45, 7) is 7.53. The molecule has 4 rings (SSSR count). The summed E-state index contributed by atoms with van der Waals surface area (Å²) in [7, 11) is 1.57. The van der Waals surface area contributed by atoms with Gasteiger partial charge >= 0.3 is 5.97 Å². The molecule has 3 saturated heterocycles. The van der Waals surface area contributed by atoms with Crippen LogP contribution in [0.1, 0.15) is 26.7 Å². The zero-order valence-electron chi connectivity index (χ0n) is 19.7. The van der Waals surface area contributed by atoms with Crippen LogP contribution in [-0.2, 0) is 14.4 Å². The summed E-state index contributed by atoms with van der Waals surface area (Å²) in [6.07, 6.45) is 2.87. The van der Waals surface area contributed by atoms with Gasteiger partial charge in [-0.15, -0.1) is 18.3 Å². The number of hydrogen-bond acceptors (Lipinski definition) is 6. The fourth-order valence-corrected chi connectivity index (χ4v) is 8.18. The van der Waals surface area contributed by atoms with Crippen molar-refractivity contribution >= 4 is 35.2 Å². The van der Waals surface area contributed by atoms with E-state index in [0.717, 1.165) is 0 Å². The van der Waals surface area contributed by atoms with Gasteiger partial charge in [0, 0.05) is 17.5 Å². The predicted molar refractivity (Wildman–Crippen MR) is 130 cm³/mol. The minimum atomic E-state index is -0.992. The number of amides is 2. The van der Waals surface area contributed by atoms with Gasteiger partial charge in [-0.1, -0.05) is 19.9 Å². The third-order valence-electron chi connectivity index (χ3n) is 7.53. The van der Waals surface area contributed by atoms with E-state index in [0.29, 0.717) is 24.3 Å². The molecule has 3 aliphatic rings. The molecule has 184 valence electrons. The normalized spacial score (nSPS) is 30.4. The van der Waals surface area contributed by atoms with E-state index in [9.17, 15) is 24.6 Å². The number of methoxy groups -OCH3 is 1. The lowest BCUT2D eigenvalue weighted by atomic mass is 9.71. The van der Waals surface area contributed by atoms with Crippen molar-refractivity contribution in [1.29, 1.82) is 0 Å². The third kappa shape index (κ3) is 3.60. The van der Waals surface area contributed by atoms with E-state index in [-0.39, 0.29) is 36.1 Å². The Morgan fingerprint density at radius 1 is 1.35 bits per heavy atom. The van der Waals surface area contributed by atoms with Crippen LogP contribution in [0.2, 0.25) is 0 Å². The Morgan fingerprint density at radius 2 is 2.03 bits per heavy atom. The smallest absolute Gasteiger partial charge is 0.308 e. The monoisotopic (exact) mass is 488 g/mol. The summed E-state index contributed by atoms with van der Waals surface area (Å²) in [6, 6.07) is 5.63. The number of thioether (sulfide) groups is 1. The van der Waals surface area contributed by atoms with Crippen LogP contribution in [-0.4, -0.2) is 75.2 Å². The largest absolute Gasteiger partial charge is 0.497 e. The molecular formula is C25H32N2O6S. The number of carbonyl (C=O) groups is 3. The first-order chi connectivity index (χ1) is 16.2. The second-order valence-electron chi connectivity index (χ2n) is 9.57. The molecule has 1 spiro atoms. The van der Waals surface area contributed by atoms with Crippen LogP contribution in [0.3, 0.4) is 0 Å². The molecule has 0 radical (unpaired) electrons. The van der Waals surface area contributed by atoms with Gasteiger partial charge in [0.2, 0.25) is 5.91 Å². The summed E-state index contributed by atoms with van der Waals surface area (Å²) in [5.41, 5.74) is 0.635. The van der Waals surface area contributed by atoms with Crippen LogP contribution in [0.15, 0.2) is 36.9 Å². The van der Waals surface area contributed by atoms with Crippen LogP contribution in [0, 0.1) is 17.8 Å². The summed E-state index contributed by atoms with van der Waals surface area (Å²) in [4.78, 5) is 43.4. The molecule has 1 aromatic carbocycles. The van der Waals surface area contributed by atoms with E-state index in [2.05, 4.69) is 6.58 Å². The van der Waals surface area contributed by atoms with Crippen molar-refractivity contribution in [3.63, 3.8) is 0 Å². The Hall–Kier alpha value is -2.52. The molecule has 34 heavy (non-hydrogen) atoms. The van der Waals surface area contributed by atoms with Gasteiger partial charge < -0.3 is 24.7 Å². The van der Waals surface area contributed by atoms with Crippen LogP contribution in [0.4, 0.5) is 5.69 Å². The van der Waals surface area contributed by atoms with Crippen LogP contribution < -0.4 is 9.64 Å². The lowest BCUT2D eigenvalue weighted by Gasteiger charge is -2.40. The number of rotatable bonds is 9. The van der Waals surface area contributed by atoms with Crippen molar-refractivity contribution in [1.82, 2.24) is 4.90 Å². The molecule has 2 unspecified atom stereocenters. The van der Waals surface area contributed by atoms with Crippen molar-refractivity contribution in [2.24, 2.45) is 17.8 Å². The highest BCUT2D eigenvalue weighted by Gasteiger charge is 2.74. The highest BCUT2D eigenvalue weighted by Crippen LogP contribution is 2.66. The molecule has 0 aromatic heterocycles. The van der Waals surface area contributed by atoms with E-state index in [1.165, 1.54) is 16.7 Å². The van der Waals surface area contributed by atoms with Crippen molar-refractivity contribution in [2.45, 2.75) is 48.8 Å². The minimum Gasteiger partial charge on any atom is -0.497 e. The lowest BCUT2D eigenvalue weighted by molar-refractivity contribution is -0.149. The highest BCUT2D eigenvalue weighted by molar-refractivity contribution is 8.02. The molecule has 2 amide bonds. The highest BCUT2D eigenvalue weighted by atomic mass is 32.2. The second-order valence-corrected chi connectivity index (χ2v) is 11.2. The molecule has 8 nitrogen and oxygen atoms in total. The van der Waals surface area contributed by atoms with E-state index in [1.807, 2.05) is 13.8 Å². The van der Waals surface area contributed by atoms with Crippen LogP contribution >= 0.6 is 11.8 Å². The van der Waals surface area contributed by atoms with Crippen molar-refractivity contribution in [2.75, 3.05) is 25.2 Å². The molecule has 3 fully saturated rings. The number of nitrogens with zero attached hydrogens (tertiary/aromatic N) is 2. The summed E-state index contributed by atoms with van der Waals surface area (Å²) >= 11 is 1.49. The molecule has 9 heteroatoms. The van der Waals surface area contributed by atoms with Gasteiger partial charge in [0.15, 0.2) is 0 Å². The zero-order chi connectivity index (χ0) is 24.8. The van der Waals surface area contributed by atoms with Gasteiger partial charge in [-0.3, -0.25) is 14.4 Å².